The molecule has 1 aromatic carbocycles. The molecule has 0 bridgehead atoms. The molecule has 9 heteroatoms. The molecule has 1 aliphatic carbocycles. The van der Waals surface area contributed by atoms with Gasteiger partial charge in [0, 0.05) is 18.0 Å². The van der Waals surface area contributed by atoms with E-state index in [9.17, 15) is 13.2 Å². The predicted octanol–water partition coefficient (Wildman–Crippen LogP) is 2.24. The van der Waals surface area contributed by atoms with E-state index in [0.29, 0.717) is 26.1 Å². The van der Waals surface area contributed by atoms with E-state index >= 15 is 0 Å². The van der Waals surface area contributed by atoms with Gasteiger partial charge in [-0.1, -0.05) is 15.9 Å². The summed E-state index contributed by atoms with van der Waals surface area (Å²) in [5.74, 6) is -0.599. The summed E-state index contributed by atoms with van der Waals surface area (Å²) in [6.45, 7) is 0.824. The van der Waals surface area contributed by atoms with Crippen LogP contribution >= 0.6 is 15.9 Å². The Balaban J connectivity index is 2.23. The quantitative estimate of drug-likeness (QED) is 0.483. The molecule has 0 heterocycles. The summed E-state index contributed by atoms with van der Waals surface area (Å²) in [5.41, 5.74) is -1.34. The fourth-order valence-electron chi connectivity index (χ4n) is 3.11. The predicted molar refractivity (Wildman–Crippen MR) is 99.3 cm³/mol. The third-order valence-corrected chi connectivity index (χ3v) is 6.46. The minimum Gasteiger partial charge on any atom is -0.468 e. The number of halogens is 1. The van der Waals surface area contributed by atoms with Gasteiger partial charge in [0.2, 0.25) is 10.0 Å². The second-order valence-electron chi connectivity index (χ2n) is 6.22. The summed E-state index contributed by atoms with van der Waals surface area (Å²) >= 11 is 3.28. The first-order valence-corrected chi connectivity index (χ1v) is 10.6. The second-order valence-corrected chi connectivity index (χ2v) is 8.81. The molecular formula is C17H24BrNO6S. The molecule has 2 rings (SSSR count). The highest BCUT2D eigenvalue weighted by Gasteiger charge is 2.47. The van der Waals surface area contributed by atoms with E-state index in [1.165, 1.54) is 19.2 Å². The fourth-order valence-corrected chi connectivity index (χ4v) is 4.77. The van der Waals surface area contributed by atoms with Crippen LogP contribution in [0.4, 0.5) is 0 Å². The van der Waals surface area contributed by atoms with Gasteiger partial charge < -0.3 is 14.2 Å². The molecule has 0 aliphatic heterocycles. The van der Waals surface area contributed by atoms with E-state index in [2.05, 4.69) is 20.7 Å². The minimum atomic E-state index is -3.89. The van der Waals surface area contributed by atoms with Crippen molar-refractivity contribution in [2.24, 2.45) is 0 Å². The number of methoxy groups -OCH3 is 2. The third kappa shape index (κ3) is 5.26. The van der Waals surface area contributed by atoms with Crippen molar-refractivity contribution < 1.29 is 27.4 Å². The molecule has 1 saturated carbocycles. The van der Waals surface area contributed by atoms with Gasteiger partial charge in [0.1, 0.15) is 5.54 Å². The van der Waals surface area contributed by atoms with Crippen LogP contribution < -0.4 is 4.72 Å². The van der Waals surface area contributed by atoms with Gasteiger partial charge in [-0.25, -0.2) is 8.42 Å². The van der Waals surface area contributed by atoms with E-state index in [-0.39, 0.29) is 17.4 Å². The number of rotatable bonds is 8. The lowest BCUT2D eigenvalue weighted by atomic mass is 9.81. The van der Waals surface area contributed by atoms with Crippen LogP contribution in [0.3, 0.4) is 0 Å². The number of benzene rings is 1. The van der Waals surface area contributed by atoms with Gasteiger partial charge in [-0.15, -0.1) is 0 Å². The lowest BCUT2D eigenvalue weighted by Gasteiger charge is -2.38. The molecule has 0 radical (unpaired) electrons. The molecule has 0 spiro atoms. The van der Waals surface area contributed by atoms with Gasteiger partial charge in [-0.05, 0) is 43.5 Å². The molecule has 1 fully saturated rings. The van der Waals surface area contributed by atoms with Gasteiger partial charge in [0.25, 0.3) is 0 Å². The summed E-state index contributed by atoms with van der Waals surface area (Å²) in [6, 6.07) is 6.23. The lowest BCUT2D eigenvalue weighted by molar-refractivity contribution is -0.151. The van der Waals surface area contributed by atoms with Crippen molar-refractivity contribution in [3.8, 4) is 0 Å². The zero-order chi connectivity index (χ0) is 19.2. The summed E-state index contributed by atoms with van der Waals surface area (Å²) in [6.07, 6.45) is 1.74. The number of sulfonamides is 1. The van der Waals surface area contributed by atoms with Crippen molar-refractivity contribution >= 4 is 31.9 Å². The summed E-state index contributed by atoms with van der Waals surface area (Å²) in [7, 11) is -1.05. The van der Waals surface area contributed by atoms with Gasteiger partial charge in [0.15, 0.2) is 0 Å². The maximum absolute atomic E-state index is 12.8. The van der Waals surface area contributed by atoms with Crippen molar-refractivity contribution in [2.75, 3.05) is 27.4 Å². The van der Waals surface area contributed by atoms with Crippen molar-refractivity contribution in [3.63, 3.8) is 0 Å². The number of esters is 1. The Morgan fingerprint density at radius 3 is 2.58 bits per heavy atom. The van der Waals surface area contributed by atoms with Crippen LogP contribution in [0, 0.1) is 0 Å². The molecule has 1 aromatic rings. The highest BCUT2D eigenvalue weighted by atomic mass is 79.9. The summed E-state index contributed by atoms with van der Waals surface area (Å²) < 4.78 is 44.6. The maximum Gasteiger partial charge on any atom is 0.327 e. The zero-order valence-corrected chi connectivity index (χ0v) is 17.3. The fraction of sp³-hybridized carbons (Fsp3) is 0.588. The minimum absolute atomic E-state index is 0.0893. The van der Waals surface area contributed by atoms with Crippen LogP contribution in [-0.2, 0) is 29.0 Å². The van der Waals surface area contributed by atoms with E-state index in [1.807, 2.05) is 0 Å². The third-order valence-electron chi connectivity index (χ3n) is 4.38. The average Bonchev–Trinajstić information content (AvgIpc) is 2.61. The SMILES string of the molecule is COCCO[C@H]1CCC[C@](NS(=O)(=O)c2ccc(Br)cc2)(C(=O)OC)C1. The molecule has 26 heavy (non-hydrogen) atoms. The number of hydrogen-bond acceptors (Lipinski definition) is 6. The van der Waals surface area contributed by atoms with Gasteiger partial charge in [-0.3, -0.25) is 4.79 Å². The number of ether oxygens (including phenoxy) is 3. The largest absolute Gasteiger partial charge is 0.468 e. The van der Waals surface area contributed by atoms with Crippen LogP contribution in [0.25, 0.3) is 0 Å². The molecule has 0 amide bonds. The lowest BCUT2D eigenvalue weighted by Crippen LogP contribution is -2.58. The van der Waals surface area contributed by atoms with E-state index < -0.39 is 21.5 Å². The summed E-state index contributed by atoms with van der Waals surface area (Å²) in [5, 5.41) is 0. The molecule has 1 N–H and O–H groups in total. The molecule has 146 valence electrons. The Morgan fingerprint density at radius 2 is 1.96 bits per heavy atom. The Hall–Kier alpha value is -1.00. The summed E-state index contributed by atoms with van der Waals surface area (Å²) in [4.78, 5) is 12.6. The highest BCUT2D eigenvalue weighted by molar-refractivity contribution is 9.10. The number of hydrogen-bond donors (Lipinski definition) is 1. The molecule has 2 atom stereocenters. The number of carbonyl (C=O) groups excluding carboxylic acids is 1. The molecule has 0 aromatic heterocycles. The van der Waals surface area contributed by atoms with Crippen LogP contribution in [0.15, 0.2) is 33.6 Å². The molecule has 7 nitrogen and oxygen atoms in total. The van der Waals surface area contributed by atoms with E-state index in [4.69, 9.17) is 14.2 Å². The Bertz CT molecular complexity index is 708. The first kappa shape index (κ1) is 21.3. The standard InChI is InChI=1S/C17H24BrNO6S/c1-23-10-11-25-14-4-3-9-17(12-14,16(20)24-2)19-26(21,22)15-7-5-13(18)6-8-15/h5-8,14,19H,3-4,9-12H2,1-2H3/t14-,17+/m0/s1. The maximum atomic E-state index is 12.8. The first-order valence-electron chi connectivity index (χ1n) is 8.31. The van der Waals surface area contributed by atoms with Crippen LogP contribution in [0.5, 0.6) is 0 Å². The molecule has 0 unspecified atom stereocenters. The van der Waals surface area contributed by atoms with E-state index in [0.717, 1.165) is 10.9 Å². The van der Waals surface area contributed by atoms with Crippen molar-refractivity contribution in [1.29, 1.82) is 0 Å². The first-order chi connectivity index (χ1) is 12.3. The monoisotopic (exact) mass is 449 g/mol. The van der Waals surface area contributed by atoms with Gasteiger partial charge in [0.05, 0.1) is 31.3 Å². The molecule has 0 saturated heterocycles. The van der Waals surface area contributed by atoms with Crippen LogP contribution in [-0.4, -0.2) is 53.5 Å². The molecule has 1 aliphatic rings. The number of carbonyl (C=O) groups is 1. The Labute approximate surface area is 162 Å². The van der Waals surface area contributed by atoms with Gasteiger partial charge >= 0.3 is 5.97 Å². The average molecular weight is 450 g/mol. The zero-order valence-electron chi connectivity index (χ0n) is 14.9. The van der Waals surface area contributed by atoms with Gasteiger partial charge in [-0.2, -0.15) is 4.72 Å². The van der Waals surface area contributed by atoms with Crippen molar-refractivity contribution in [3.05, 3.63) is 28.7 Å². The Morgan fingerprint density at radius 1 is 1.27 bits per heavy atom. The van der Waals surface area contributed by atoms with E-state index in [1.54, 1.807) is 19.2 Å². The van der Waals surface area contributed by atoms with Crippen molar-refractivity contribution in [2.45, 2.75) is 42.2 Å². The van der Waals surface area contributed by atoms with Crippen LogP contribution in [0.2, 0.25) is 0 Å². The van der Waals surface area contributed by atoms with Crippen molar-refractivity contribution in [1.82, 2.24) is 4.72 Å². The van der Waals surface area contributed by atoms with Crippen LogP contribution in [0.1, 0.15) is 25.7 Å². The second kappa shape index (κ2) is 9.27. The topological polar surface area (TPSA) is 90.9 Å². The number of nitrogens with one attached hydrogen (secondary N) is 1. The normalized spacial score (nSPS) is 23.6. The highest BCUT2D eigenvalue weighted by Crippen LogP contribution is 2.33. The Kier molecular flexibility index (Phi) is 7.60. The molecular weight excluding hydrogens is 426 g/mol. The smallest absolute Gasteiger partial charge is 0.327 e.